The first-order valence-electron chi connectivity index (χ1n) is 3.78. The van der Waals surface area contributed by atoms with Gasteiger partial charge in [0.25, 0.3) is 0 Å². The lowest BCUT2D eigenvalue weighted by Gasteiger charge is -2.05. The fourth-order valence-corrected chi connectivity index (χ4v) is 3.28. The second-order valence-electron chi connectivity index (χ2n) is 2.75. The zero-order valence-electron chi connectivity index (χ0n) is 6.41. The average molecular weight is 185 g/mol. The van der Waals surface area contributed by atoms with Crippen molar-refractivity contribution in [3.63, 3.8) is 0 Å². The van der Waals surface area contributed by atoms with Gasteiger partial charge in [0.1, 0.15) is 0 Å². The molecule has 1 N–H and O–H groups in total. The van der Waals surface area contributed by atoms with E-state index in [9.17, 15) is 0 Å². The molecule has 1 nitrogen and oxygen atoms in total. The van der Waals surface area contributed by atoms with Gasteiger partial charge in [0, 0.05) is 16.7 Å². The maximum atomic E-state index is 3.48. The van der Waals surface area contributed by atoms with Crippen LogP contribution in [0.25, 0.3) is 0 Å². The molecule has 2 heterocycles. The predicted molar refractivity (Wildman–Crippen MR) is 52.1 cm³/mol. The molecule has 3 heteroatoms. The van der Waals surface area contributed by atoms with Crippen molar-refractivity contribution in [2.24, 2.45) is 0 Å². The molecule has 2 unspecified atom stereocenters. The monoisotopic (exact) mass is 185 g/mol. The normalized spacial score (nSPS) is 31.0. The topological polar surface area (TPSA) is 12.0 Å². The van der Waals surface area contributed by atoms with Gasteiger partial charge in [-0.3, -0.25) is 5.32 Å². The Hall–Kier alpha value is 0.01000. The van der Waals surface area contributed by atoms with E-state index in [1.54, 1.807) is 0 Å². The van der Waals surface area contributed by atoms with Crippen molar-refractivity contribution >= 4 is 23.1 Å². The largest absolute Gasteiger partial charge is 0.300 e. The molecule has 0 radical (unpaired) electrons. The summed E-state index contributed by atoms with van der Waals surface area (Å²) >= 11 is 3.86. The summed E-state index contributed by atoms with van der Waals surface area (Å²) in [6.07, 6.45) is 0. The predicted octanol–water partition coefficient (Wildman–Crippen LogP) is 2.47. The number of nitrogens with one attached hydrogen (secondary N) is 1. The molecule has 0 aromatic carbocycles. The molecule has 0 saturated carbocycles. The van der Waals surface area contributed by atoms with Gasteiger partial charge in [-0.1, -0.05) is 13.0 Å². The van der Waals surface area contributed by atoms with Crippen molar-refractivity contribution < 1.29 is 0 Å². The van der Waals surface area contributed by atoms with Gasteiger partial charge in [-0.15, -0.1) is 23.1 Å². The van der Waals surface area contributed by atoms with Crippen molar-refractivity contribution in [1.29, 1.82) is 0 Å². The number of rotatable bonds is 1. The lowest BCUT2D eigenvalue weighted by atomic mass is 10.4. The Morgan fingerprint density at radius 3 is 3.09 bits per heavy atom. The van der Waals surface area contributed by atoms with Crippen LogP contribution >= 0.6 is 23.1 Å². The zero-order chi connectivity index (χ0) is 7.68. The molecule has 1 fully saturated rings. The van der Waals surface area contributed by atoms with E-state index in [4.69, 9.17) is 0 Å². The Bertz CT molecular complexity index is 220. The van der Waals surface area contributed by atoms with E-state index in [0.717, 1.165) is 11.8 Å². The van der Waals surface area contributed by atoms with E-state index in [2.05, 4.69) is 29.8 Å². The second kappa shape index (κ2) is 3.17. The first-order valence-corrected chi connectivity index (χ1v) is 5.61. The summed E-state index contributed by atoms with van der Waals surface area (Å²) in [4.78, 5) is 1.46. The maximum Gasteiger partial charge on any atom is 0.0886 e. The minimum Gasteiger partial charge on any atom is -0.300 e. The Labute approximate surface area is 75.2 Å². The molecule has 0 aliphatic carbocycles. The summed E-state index contributed by atoms with van der Waals surface area (Å²) in [6, 6.07) is 4.32. The van der Waals surface area contributed by atoms with Gasteiger partial charge in [-0.2, -0.15) is 0 Å². The third-order valence-electron chi connectivity index (χ3n) is 1.76. The van der Waals surface area contributed by atoms with E-state index in [-0.39, 0.29) is 0 Å². The van der Waals surface area contributed by atoms with Gasteiger partial charge in [-0.05, 0) is 11.4 Å². The third kappa shape index (κ3) is 1.60. The number of hydrogen-bond acceptors (Lipinski definition) is 3. The molecule has 1 saturated heterocycles. The Kier molecular flexibility index (Phi) is 2.20. The molecule has 1 aliphatic heterocycles. The van der Waals surface area contributed by atoms with Crippen LogP contribution < -0.4 is 5.32 Å². The quantitative estimate of drug-likeness (QED) is 0.721. The van der Waals surface area contributed by atoms with Crippen LogP contribution in [-0.4, -0.2) is 11.8 Å². The number of thiophene rings is 1. The second-order valence-corrected chi connectivity index (χ2v) is 5.28. The van der Waals surface area contributed by atoms with Crippen molar-refractivity contribution in [3.05, 3.63) is 22.4 Å². The SMILES string of the molecule is CC1CNC(c2cccs2)S1. The Morgan fingerprint density at radius 1 is 1.64 bits per heavy atom. The van der Waals surface area contributed by atoms with Crippen LogP contribution in [0.15, 0.2) is 17.5 Å². The summed E-state index contributed by atoms with van der Waals surface area (Å²) < 4.78 is 0. The molecule has 1 aliphatic rings. The summed E-state index contributed by atoms with van der Waals surface area (Å²) in [5.41, 5.74) is 0. The van der Waals surface area contributed by atoms with Gasteiger partial charge in [0.2, 0.25) is 0 Å². The van der Waals surface area contributed by atoms with E-state index in [0.29, 0.717) is 5.37 Å². The minimum atomic E-state index is 0.560. The van der Waals surface area contributed by atoms with Crippen molar-refractivity contribution in [2.75, 3.05) is 6.54 Å². The Balaban J connectivity index is 2.08. The first kappa shape index (κ1) is 7.65. The van der Waals surface area contributed by atoms with E-state index in [1.165, 1.54) is 4.88 Å². The fourth-order valence-electron chi connectivity index (χ4n) is 1.21. The molecule has 2 atom stereocenters. The fraction of sp³-hybridized carbons (Fsp3) is 0.500. The van der Waals surface area contributed by atoms with Crippen molar-refractivity contribution in [2.45, 2.75) is 17.5 Å². The summed E-state index contributed by atoms with van der Waals surface area (Å²) in [7, 11) is 0. The molecular weight excluding hydrogens is 174 g/mol. The van der Waals surface area contributed by atoms with Crippen LogP contribution in [0.5, 0.6) is 0 Å². The summed E-state index contributed by atoms with van der Waals surface area (Å²) in [5.74, 6) is 0. The van der Waals surface area contributed by atoms with Crippen LogP contribution in [-0.2, 0) is 0 Å². The number of thioether (sulfide) groups is 1. The standard InChI is InChI=1S/C8H11NS2/c1-6-5-9-8(11-6)7-3-2-4-10-7/h2-4,6,8-9H,5H2,1H3. The molecule has 0 amide bonds. The highest BCUT2D eigenvalue weighted by molar-refractivity contribution is 8.00. The lowest BCUT2D eigenvalue weighted by Crippen LogP contribution is -2.12. The van der Waals surface area contributed by atoms with Gasteiger partial charge in [-0.25, -0.2) is 0 Å². The molecule has 0 spiro atoms. The van der Waals surface area contributed by atoms with E-state index >= 15 is 0 Å². The highest BCUT2D eigenvalue weighted by atomic mass is 32.2. The van der Waals surface area contributed by atoms with Gasteiger partial charge in [0.05, 0.1) is 5.37 Å². The van der Waals surface area contributed by atoms with Gasteiger partial charge < -0.3 is 0 Å². The van der Waals surface area contributed by atoms with Crippen LogP contribution in [0, 0.1) is 0 Å². The molecule has 0 bridgehead atoms. The van der Waals surface area contributed by atoms with Crippen LogP contribution in [0.4, 0.5) is 0 Å². The van der Waals surface area contributed by atoms with Gasteiger partial charge >= 0.3 is 0 Å². The highest BCUT2D eigenvalue weighted by Gasteiger charge is 2.22. The molecule has 60 valence electrons. The highest BCUT2D eigenvalue weighted by Crippen LogP contribution is 2.36. The van der Waals surface area contributed by atoms with Crippen LogP contribution in [0.2, 0.25) is 0 Å². The summed E-state index contributed by atoms with van der Waals surface area (Å²) in [6.45, 7) is 3.42. The van der Waals surface area contributed by atoms with Crippen molar-refractivity contribution in [3.8, 4) is 0 Å². The lowest BCUT2D eigenvalue weighted by molar-refractivity contribution is 0.725. The van der Waals surface area contributed by atoms with Crippen LogP contribution in [0.1, 0.15) is 17.2 Å². The zero-order valence-corrected chi connectivity index (χ0v) is 8.04. The Morgan fingerprint density at radius 2 is 2.55 bits per heavy atom. The van der Waals surface area contributed by atoms with E-state index < -0.39 is 0 Å². The molecule has 1 aromatic heterocycles. The molecule has 1 aromatic rings. The van der Waals surface area contributed by atoms with E-state index in [1.807, 2.05) is 23.1 Å². The van der Waals surface area contributed by atoms with Crippen LogP contribution in [0.3, 0.4) is 0 Å². The smallest absolute Gasteiger partial charge is 0.0886 e. The first-order chi connectivity index (χ1) is 5.36. The minimum absolute atomic E-state index is 0.560. The third-order valence-corrected chi connectivity index (χ3v) is 4.17. The molecule has 2 rings (SSSR count). The average Bonchev–Trinajstić information content (AvgIpc) is 2.55. The molecular formula is C8H11NS2. The number of hydrogen-bond donors (Lipinski definition) is 1. The van der Waals surface area contributed by atoms with Crippen molar-refractivity contribution in [1.82, 2.24) is 5.32 Å². The molecule has 11 heavy (non-hydrogen) atoms. The van der Waals surface area contributed by atoms with Gasteiger partial charge in [0.15, 0.2) is 0 Å². The summed E-state index contributed by atoms with van der Waals surface area (Å²) in [5, 5.41) is 6.95. The maximum absolute atomic E-state index is 3.48.